The van der Waals surface area contributed by atoms with Gasteiger partial charge in [-0.3, -0.25) is 4.79 Å². The molecule has 0 N–H and O–H groups in total. The zero-order valence-electron chi connectivity index (χ0n) is 9.06. The molecule has 0 spiro atoms. The van der Waals surface area contributed by atoms with Gasteiger partial charge in [-0.25, -0.2) is 0 Å². The molecule has 1 heteroatoms. The van der Waals surface area contributed by atoms with Crippen LogP contribution in [-0.4, -0.2) is 5.78 Å². The van der Waals surface area contributed by atoms with Crippen LogP contribution in [0.5, 0.6) is 0 Å². The van der Waals surface area contributed by atoms with Crippen molar-refractivity contribution in [3.8, 4) is 0 Å². The molecule has 1 nitrogen and oxygen atoms in total. The average Bonchev–Trinajstić information content (AvgIpc) is 2.30. The van der Waals surface area contributed by atoms with Crippen molar-refractivity contribution in [1.82, 2.24) is 0 Å². The maximum absolute atomic E-state index is 12.3. The zero-order valence-corrected chi connectivity index (χ0v) is 9.06. The highest BCUT2D eigenvalue weighted by molar-refractivity contribution is 5.85. The van der Waals surface area contributed by atoms with Crippen LogP contribution in [0.4, 0.5) is 0 Å². The summed E-state index contributed by atoms with van der Waals surface area (Å²) in [5.74, 6) is 2.63. The second-order valence-electron chi connectivity index (χ2n) is 5.26. The van der Waals surface area contributed by atoms with Gasteiger partial charge >= 0.3 is 0 Å². The summed E-state index contributed by atoms with van der Waals surface area (Å²) in [5.41, 5.74) is 0. The Bertz CT molecular complexity index is 296. The van der Waals surface area contributed by atoms with E-state index in [9.17, 15) is 4.79 Å². The molecule has 0 aromatic carbocycles. The van der Waals surface area contributed by atoms with E-state index in [0.29, 0.717) is 29.5 Å². The number of carbonyl (C=O) groups excluding carboxylic acids is 1. The number of allylic oxidation sites excluding steroid dienone is 4. The Morgan fingerprint density at radius 3 is 1.80 bits per heavy atom. The Balaban J connectivity index is 1.86. The van der Waals surface area contributed by atoms with Crippen molar-refractivity contribution in [3.05, 3.63) is 24.3 Å². The van der Waals surface area contributed by atoms with Gasteiger partial charge in [0.15, 0.2) is 0 Å². The minimum Gasteiger partial charge on any atom is -0.299 e. The second-order valence-corrected chi connectivity index (χ2v) is 5.26. The first kappa shape index (κ1) is 9.38. The molecule has 15 heavy (non-hydrogen) atoms. The van der Waals surface area contributed by atoms with E-state index in [1.54, 1.807) is 0 Å². The lowest BCUT2D eigenvalue weighted by Crippen LogP contribution is -2.41. The van der Waals surface area contributed by atoms with Crippen LogP contribution in [0.3, 0.4) is 0 Å². The average molecular weight is 202 g/mol. The van der Waals surface area contributed by atoms with Crippen molar-refractivity contribution in [2.24, 2.45) is 23.7 Å². The van der Waals surface area contributed by atoms with Gasteiger partial charge in [0.05, 0.1) is 0 Å². The van der Waals surface area contributed by atoms with Crippen LogP contribution in [0.25, 0.3) is 0 Å². The fourth-order valence-electron chi connectivity index (χ4n) is 3.62. The van der Waals surface area contributed by atoms with Crippen LogP contribution in [0.1, 0.15) is 32.1 Å². The van der Waals surface area contributed by atoms with Gasteiger partial charge in [-0.05, 0) is 43.9 Å². The fourth-order valence-corrected chi connectivity index (χ4v) is 3.62. The third-order valence-corrected chi connectivity index (χ3v) is 4.47. The summed E-state index contributed by atoms with van der Waals surface area (Å²) in [6, 6.07) is 0. The number of hydrogen-bond acceptors (Lipinski definition) is 1. The maximum Gasteiger partial charge on any atom is 0.140 e. The van der Waals surface area contributed by atoms with Crippen molar-refractivity contribution < 1.29 is 4.79 Å². The monoisotopic (exact) mass is 202 g/mol. The topological polar surface area (TPSA) is 17.1 Å². The summed E-state index contributed by atoms with van der Waals surface area (Å²) in [6.45, 7) is 0. The standard InChI is InChI=1S/C14H18O/c15-14-12-7-3-1-5-10(12)9-11-6-2-4-8-13(11)14/h1-4,10-13H,5-9H2/t10-,11-,12-,13-/m1/s1. The van der Waals surface area contributed by atoms with Gasteiger partial charge in [0, 0.05) is 11.8 Å². The van der Waals surface area contributed by atoms with Gasteiger partial charge in [0.1, 0.15) is 5.78 Å². The Labute approximate surface area is 91.2 Å². The number of hydrogen-bond donors (Lipinski definition) is 0. The molecule has 3 aliphatic carbocycles. The van der Waals surface area contributed by atoms with Crippen LogP contribution >= 0.6 is 0 Å². The Morgan fingerprint density at radius 2 is 1.27 bits per heavy atom. The first-order chi connectivity index (χ1) is 7.36. The summed E-state index contributed by atoms with van der Waals surface area (Å²) in [7, 11) is 0. The smallest absolute Gasteiger partial charge is 0.140 e. The molecule has 3 rings (SSSR count). The molecular weight excluding hydrogens is 184 g/mol. The summed E-state index contributed by atoms with van der Waals surface area (Å²) >= 11 is 0. The highest BCUT2D eigenvalue weighted by Gasteiger charge is 2.43. The highest BCUT2D eigenvalue weighted by atomic mass is 16.1. The summed E-state index contributed by atoms with van der Waals surface area (Å²) in [5, 5.41) is 0. The third kappa shape index (κ3) is 1.49. The third-order valence-electron chi connectivity index (χ3n) is 4.47. The molecule has 4 atom stereocenters. The lowest BCUT2D eigenvalue weighted by atomic mass is 9.61. The van der Waals surface area contributed by atoms with Crippen LogP contribution in [0, 0.1) is 23.7 Å². The SMILES string of the molecule is O=C1[C@@H]2CC=CC[C@@H]2C[C@H]2CC=CC[C@@H]12. The van der Waals surface area contributed by atoms with E-state index in [-0.39, 0.29) is 0 Å². The van der Waals surface area contributed by atoms with Gasteiger partial charge in [-0.1, -0.05) is 24.3 Å². The number of carbonyl (C=O) groups is 1. The molecule has 3 aliphatic rings. The van der Waals surface area contributed by atoms with Crippen LogP contribution < -0.4 is 0 Å². The molecular formula is C14H18O. The maximum atomic E-state index is 12.3. The van der Waals surface area contributed by atoms with Gasteiger partial charge in [0.25, 0.3) is 0 Å². The molecule has 0 unspecified atom stereocenters. The normalized spacial score (nSPS) is 43.6. The van der Waals surface area contributed by atoms with Gasteiger partial charge < -0.3 is 0 Å². The molecule has 0 aromatic heterocycles. The highest BCUT2D eigenvalue weighted by Crippen LogP contribution is 2.45. The Morgan fingerprint density at radius 1 is 0.800 bits per heavy atom. The predicted octanol–water partition coefficient (Wildman–Crippen LogP) is 3.12. The molecule has 0 aliphatic heterocycles. The van der Waals surface area contributed by atoms with Crippen LogP contribution in [0.2, 0.25) is 0 Å². The number of Topliss-reactive ketones (excluding diaryl/α,β-unsaturated/α-hetero) is 1. The number of ketones is 1. The lowest BCUT2D eigenvalue weighted by molar-refractivity contribution is -0.134. The van der Waals surface area contributed by atoms with E-state index in [0.717, 1.165) is 25.7 Å². The van der Waals surface area contributed by atoms with Crippen molar-refractivity contribution in [3.63, 3.8) is 0 Å². The molecule has 0 radical (unpaired) electrons. The molecule has 0 bridgehead atoms. The lowest BCUT2D eigenvalue weighted by Gasteiger charge is -2.42. The van der Waals surface area contributed by atoms with Gasteiger partial charge in [0.2, 0.25) is 0 Å². The van der Waals surface area contributed by atoms with E-state index in [1.807, 2.05) is 0 Å². The summed E-state index contributed by atoms with van der Waals surface area (Å²) in [6.07, 6.45) is 14.5. The van der Waals surface area contributed by atoms with Crippen molar-refractivity contribution in [1.29, 1.82) is 0 Å². The first-order valence-electron chi connectivity index (χ1n) is 6.20. The molecule has 1 saturated carbocycles. The van der Waals surface area contributed by atoms with Crippen LogP contribution in [-0.2, 0) is 4.79 Å². The second kappa shape index (κ2) is 3.62. The van der Waals surface area contributed by atoms with Crippen molar-refractivity contribution in [2.45, 2.75) is 32.1 Å². The predicted molar refractivity (Wildman–Crippen MR) is 60.3 cm³/mol. The molecule has 0 aromatic rings. The largest absolute Gasteiger partial charge is 0.299 e. The molecule has 1 fully saturated rings. The molecule has 0 heterocycles. The van der Waals surface area contributed by atoms with Gasteiger partial charge in [-0.2, -0.15) is 0 Å². The minimum absolute atomic E-state index is 0.364. The van der Waals surface area contributed by atoms with E-state index in [4.69, 9.17) is 0 Å². The van der Waals surface area contributed by atoms with E-state index in [2.05, 4.69) is 24.3 Å². The minimum atomic E-state index is 0.364. The summed E-state index contributed by atoms with van der Waals surface area (Å²) in [4.78, 5) is 12.3. The quantitative estimate of drug-likeness (QED) is 0.551. The number of rotatable bonds is 0. The van der Waals surface area contributed by atoms with Crippen molar-refractivity contribution in [2.75, 3.05) is 0 Å². The first-order valence-corrected chi connectivity index (χ1v) is 6.20. The molecule has 0 saturated heterocycles. The summed E-state index contributed by atoms with van der Waals surface area (Å²) < 4.78 is 0. The molecule has 80 valence electrons. The van der Waals surface area contributed by atoms with Crippen LogP contribution in [0.15, 0.2) is 24.3 Å². The number of fused-ring (bicyclic) bond motifs is 2. The molecule has 0 amide bonds. The zero-order chi connectivity index (χ0) is 10.3. The van der Waals surface area contributed by atoms with Gasteiger partial charge in [-0.15, -0.1) is 0 Å². The van der Waals surface area contributed by atoms with Crippen molar-refractivity contribution >= 4 is 5.78 Å². The van der Waals surface area contributed by atoms with E-state index < -0.39 is 0 Å². The Kier molecular flexibility index (Phi) is 2.27. The fraction of sp³-hybridized carbons (Fsp3) is 0.643. The van der Waals surface area contributed by atoms with E-state index in [1.165, 1.54) is 6.42 Å². The Hall–Kier alpha value is -0.850. The van der Waals surface area contributed by atoms with E-state index >= 15 is 0 Å².